The first-order chi connectivity index (χ1) is 11.7. The van der Waals surface area contributed by atoms with E-state index in [1.54, 1.807) is 0 Å². The summed E-state index contributed by atoms with van der Waals surface area (Å²) >= 11 is 0. The first kappa shape index (κ1) is 22.5. The van der Waals surface area contributed by atoms with E-state index in [0.29, 0.717) is 0 Å². The van der Waals surface area contributed by atoms with Gasteiger partial charge in [0.1, 0.15) is 0 Å². The van der Waals surface area contributed by atoms with Crippen molar-refractivity contribution in [3.05, 3.63) is 30.0 Å². The van der Waals surface area contributed by atoms with Crippen LogP contribution in [-0.4, -0.2) is 45.8 Å². The average molecular weight is 398 g/mol. The van der Waals surface area contributed by atoms with Crippen LogP contribution >= 0.6 is 24.8 Å². The number of nitrogens with one attached hydrogen (secondary N) is 1. The van der Waals surface area contributed by atoms with Crippen LogP contribution < -0.4 is 5.32 Å². The van der Waals surface area contributed by atoms with Crippen LogP contribution in [0.3, 0.4) is 0 Å². The number of rotatable bonds is 7. The molecule has 7 heteroatoms. The standard InChI is InChI=1S/C19H27N5.2ClH/c1-5-23(6-2)13-12-20-18-15-10-8-9-11-16(15)21-19-17(18)14(4)22-24(19)7-3;;/h8-11H,5-7,12-13H2,1-4H3,(H,20,21);2*1H. The van der Waals surface area contributed by atoms with Crippen LogP contribution in [0.4, 0.5) is 5.69 Å². The van der Waals surface area contributed by atoms with Gasteiger partial charge in [0.25, 0.3) is 0 Å². The molecule has 0 saturated carbocycles. The van der Waals surface area contributed by atoms with Crippen LogP contribution in [0.5, 0.6) is 0 Å². The summed E-state index contributed by atoms with van der Waals surface area (Å²) in [5.41, 5.74) is 4.19. The minimum Gasteiger partial charge on any atom is -0.383 e. The number of nitrogens with zero attached hydrogens (tertiary/aromatic N) is 4. The number of likely N-dealkylation sites (N-methyl/N-ethyl adjacent to an activating group) is 1. The maximum absolute atomic E-state index is 4.86. The summed E-state index contributed by atoms with van der Waals surface area (Å²) in [6.45, 7) is 13.5. The van der Waals surface area contributed by atoms with Gasteiger partial charge in [-0.15, -0.1) is 24.8 Å². The number of hydrogen-bond acceptors (Lipinski definition) is 4. The molecule has 0 amide bonds. The van der Waals surface area contributed by atoms with Gasteiger partial charge >= 0.3 is 0 Å². The summed E-state index contributed by atoms with van der Waals surface area (Å²) in [4.78, 5) is 7.28. The quantitative estimate of drug-likeness (QED) is 0.636. The first-order valence-corrected chi connectivity index (χ1v) is 8.91. The Labute approximate surface area is 168 Å². The summed E-state index contributed by atoms with van der Waals surface area (Å²) in [6, 6.07) is 8.34. The molecule has 1 aromatic carbocycles. The minimum atomic E-state index is 0. The lowest BCUT2D eigenvalue weighted by Gasteiger charge is -2.19. The molecule has 3 aromatic rings. The number of pyridine rings is 1. The van der Waals surface area contributed by atoms with Crippen molar-refractivity contribution in [3.63, 3.8) is 0 Å². The lowest BCUT2D eigenvalue weighted by molar-refractivity contribution is 0.316. The van der Waals surface area contributed by atoms with Gasteiger partial charge in [0.2, 0.25) is 0 Å². The predicted molar refractivity (Wildman–Crippen MR) is 116 cm³/mol. The maximum atomic E-state index is 4.86. The Morgan fingerprint density at radius 3 is 2.42 bits per heavy atom. The Bertz CT molecular complexity index is 843. The van der Waals surface area contributed by atoms with Gasteiger partial charge in [-0.2, -0.15) is 5.10 Å². The van der Waals surface area contributed by atoms with E-state index in [0.717, 1.165) is 55.0 Å². The van der Waals surface area contributed by atoms with E-state index in [1.165, 1.54) is 11.1 Å². The monoisotopic (exact) mass is 397 g/mol. The SMILES string of the molecule is CCN(CC)CCNc1c2ccccc2nc2c1c(C)nn2CC.Cl.Cl. The van der Waals surface area contributed by atoms with Crippen molar-refractivity contribution < 1.29 is 0 Å². The Hall–Kier alpha value is -1.56. The van der Waals surface area contributed by atoms with Gasteiger partial charge in [0, 0.05) is 25.0 Å². The zero-order valence-corrected chi connectivity index (χ0v) is 17.6. The third kappa shape index (κ3) is 4.22. The van der Waals surface area contributed by atoms with E-state index in [2.05, 4.69) is 61.2 Å². The predicted octanol–water partition coefficient (Wildman–Crippen LogP) is 4.51. The van der Waals surface area contributed by atoms with Crippen molar-refractivity contribution in [1.82, 2.24) is 19.7 Å². The Morgan fingerprint density at radius 2 is 1.77 bits per heavy atom. The molecule has 0 bridgehead atoms. The van der Waals surface area contributed by atoms with Crippen molar-refractivity contribution >= 4 is 52.4 Å². The van der Waals surface area contributed by atoms with Crippen LogP contribution in [0.15, 0.2) is 24.3 Å². The zero-order valence-electron chi connectivity index (χ0n) is 16.0. The van der Waals surface area contributed by atoms with Gasteiger partial charge in [-0.25, -0.2) is 9.67 Å². The van der Waals surface area contributed by atoms with Gasteiger partial charge in [0.05, 0.1) is 22.3 Å². The van der Waals surface area contributed by atoms with Gasteiger partial charge in [-0.05, 0) is 33.0 Å². The number of hydrogen-bond donors (Lipinski definition) is 1. The fourth-order valence-electron chi connectivity index (χ4n) is 3.29. The third-order valence-corrected chi connectivity index (χ3v) is 4.67. The molecule has 3 rings (SSSR count). The highest BCUT2D eigenvalue weighted by molar-refractivity contribution is 6.07. The van der Waals surface area contributed by atoms with Crippen molar-refractivity contribution in [2.45, 2.75) is 34.2 Å². The molecule has 0 aliphatic rings. The molecule has 0 atom stereocenters. The number of para-hydroxylation sites is 1. The number of halogens is 2. The van der Waals surface area contributed by atoms with Gasteiger partial charge < -0.3 is 10.2 Å². The van der Waals surface area contributed by atoms with E-state index in [4.69, 9.17) is 4.98 Å². The van der Waals surface area contributed by atoms with E-state index >= 15 is 0 Å². The van der Waals surface area contributed by atoms with Crippen molar-refractivity contribution in [2.75, 3.05) is 31.5 Å². The zero-order chi connectivity index (χ0) is 17.1. The second-order valence-corrected chi connectivity index (χ2v) is 6.06. The van der Waals surface area contributed by atoms with Crippen LogP contribution in [-0.2, 0) is 6.54 Å². The third-order valence-electron chi connectivity index (χ3n) is 4.67. The average Bonchev–Trinajstić information content (AvgIpc) is 2.93. The molecule has 0 aliphatic heterocycles. The number of benzene rings is 1. The van der Waals surface area contributed by atoms with Crippen LogP contribution in [0.25, 0.3) is 21.9 Å². The first-order valence-electron chi connectivity index (χ1n) is 8.91. The van der Waals surface area contributed by atoms with E-state index in [9.17, 15) is 0 Å². The molecule has 0 unspecified atom stereocenters. The topological polar surface area (TPSA) is 46.0 Å². The van der Waals surface area contributed by atoms with Crippen LogP contribution in [0, 0.1) is 6.92 Å². The largest absolute Gasteiger partial charge is 0.383 e. The lowest BCUT2D eigenvalue weighted by Crippen LogP contribution is -2.28. The van der Waals surface area contributed by atoms with Gasteiger partial charge in [-0.1, -0.05) is 32.0 Å². The number of aryl methyl sites for hydroxylation is 2. The van der Waals surface area contributed by atoms with Crippen molar-refractivity contribution in [2.24, 2.45) is 0 Å². The molecule has 0 radical (unpaired) electrons. The van der Waals surface area contributed by atoms with Gasteiger partial charge in [-0.3, -0.25) is 0 Å². The molecule has 1 N–H and O–H groups in total. The molecule has 0 aliphatic carbocycles. The molecule has 2 aromatic heterocycles. The fraction of sp³-hybridized carbons (Fsp3) is 0.474. The molecule has 2 heterocycles. The molecule has 5 nitrogen and oxygen atoms in total. The normalized spacial score (nSPS) is 10.8. The van der Waals surface area contributed by atoms with Crippen molar-refractivity contribution in [1.29, 1.82) is 0 Å². The summed E-state index contributed by atoms with van der Waals surface area (Å²) in [5, 5.41) is 10.7. The van der Waals surface area contributed by atoms with Crippen LogP contribution in [0.1, 0.15) is 26.5 Å². The molecule has 0 fully saturated rings. The van der Waals surface area contributed by atoms with Crippen molar-refractivity contribution in [3.8, 4) is 0 Å². The molecule has 0 saturated heterocycles. The molecular weight excluding hydrogens is 369 g/mol. The minimum absolute atomic E-state index is 0. The van der Waals surface area contributed by atoms with E-state index < -0.39 is 0 Å². The highest BCUT2D eigenvalue weighted by Gasteiger charge is 2.16. The second kappa shape index (κ2) is 9.95. The summed E-state index contributed by atoms with van der Waals surface area (Å²) in [6.07, 6.45) is 0. The summed E-state index contributed by atoms with van der Waals surface area (Å²) < 4.78 is 1.99. The fourth-order valence-corrected chi connectivity index (χ4v) is 3.29. The Balaban J connectivity index is 0.00000169. The lowest BCUT2D eigenvalue weighted by atomic mass is 10.1. The molecular formula is C19H29Cl2N5. The highest BCUT2D eigenvalue weighted by Crippen LogP contribution is 2.32. The number of aromatic nitrogens is 3. The number of fused-ring (bicyclic) bond motifs is 2. The summed E-state index contributed by atoms with van der Waals surface area (Å²) in [7, 11) is 0. The van der Waals surface area contributed by atoms with Gasteiger partial charge in [0.15, 0.2) is 5.65 Å². The van der Waals surface area contributed by atoms with Crippen LogP contribution in [0.2, 0.25) is 0 Å². The molecule has 26 heavy (non-hydrogen) atoms. The highest BCUT2D eigenvalue weighted by atomic mass is 35.5. The second-order valence-electron chi connectivity index (χ2n) is 6.06. The van der Waals surface area contributed by atoms with E-state index in [-0.39, 0.29) is 24.8 Å². The van der Waals surface area contributed by atoms with E-state index in [1.807, 2.05) is 10.7 Å². The molecule has 144 valence electrons. The maximum Gasteiger partial charge on any atom is 0.160 e. The smallest absolute Gasteiger partial charge is 0.160 e. The number of anilines is 1. The Morgan fingerprint density at radius 1 is 1.08 bits per heavy atom. The molecule has 0 spiro atoms. The summed E-state index contributed by atoms with van der Waals surface area (Å²) in [5.74, 6) is 0. The Kier molecular flexibility index (Phi) is 8.60.